The first-order valence-corrected chi connectivity index (χ1v) is 8.59. The molecule has 0 aliphatic heterocycles. The molecule has 0 saturated heterocycles. The molecule has 2 amide bonds. The number of alkyl carbamates (subject to hydrolysis) is 1. The van der Waals surface area contributed by atoms with Crippen LogP contribution in [0.3, 0.4) is 0 Å². The number of amides is 2. The summed E-state index contributed by atoms with van der Waals surface area (Å²) in [5.74, 6) is 0.530. The Labute approximate surface area is 140 Å². The molecular formula is C17H33N3O3. The lowest BCUT2D eigenvalue weighted by Gasteiger charge is -2.33. The van der Waals surface area contributed by atoms with Crippen molar-refractivity contribution in [2.75, 3.05) is 27.2 Å². The van der Waals surface area contributed by atoms with Crippen LogP contribution in [0.25, 0.3) is 0 Å². The molecular weight excluding hydrogens is 294 g/mol. The van der Waals surface area contributed by atoms with Crippen molar-refractivity contribution in [3.05, 3.63) is 0 Å². The molecule has 1 fully saturated rings. The number of ether oxygens (including phenoxy) is 1. The average Bonchev–Trinajstić information content (AvgIpc) is 2.44. The van der Waals surface area contributed by atoms with Gasteiger partial charge in [0.05, 0.1) is 0 Å². The second kappa shape index (κ2) is 9.11. The van der Waals surface area contributed by atoms with Crippen molar-refractivity contribution >= 4 is 12.0 Å². The van der Waals surface area contributed by atoms with Gasteiger partial charge in [0.2, 0.25) is 5.91 Å². The molecule has 6 heteroatoms. The van der Waals surface area contributed by atoms with Gasteiger partial charge >= 0.3 is 6.09 Å². The summed E-state index contributed by atoms with van der Waals surface area (Å²) in [7, 11) is 3.55. The highest BCUT2D eigenvalue weighted by atomic mass is 16.6. The Balaban J connectivity index is 2.36. The Bertz CT molecular complexity index is 391. The third-order valence-electron chi connectivity index (χ3n) is 4.06. The third-order valence-corrected chi connectivity index (χ3v) is 4.06. The molecule has 0 aromatic heterocycles. The van der Waals surface area contributed by atoms with Crippen LogP contribution < -0.4 is 10.6 Å². The Morgan fingerprint density at radius 2 is 1.83 bits per heavy atom. The highest BCUT2D eigenvalue weighted by Gasteiger charge is 2.26. The van der Waals surface area contributed by atoms with E-state index in [0.717, 1.165) is 12.8 Å². The van der Waals surface area contributed by atoms with E-state index in [0.29, 0.717) is 31.5 Å². The van der Waals surface area contributed by atoms with Crippen LogP contribution in [0.4, 0.5) is 4.79 Å². The monoisotopic (exact) mass is 327 g/mol. The largest absolute Gasteiger partial charge is 0.444 e. The maximum absolute atomic E-state index is 11.8. The topological polar surface area (TPSA) is 70.7 Å². The highest BCUT2D eigenvalue weighted by Crippen LogP contribution is 2.24. The van der Waals surface area contributed by atoms with Gasteiger partial charge in [-0.1, -0.05) is 12.8 Å². The molecule has 1 aliphatic rings. The van der Waals surface area contributed by atoms with Gasteiger partial charge in [0.25, 0.3) is 0 Å². The van der Waals surface area contributed by atoms with Gasteiger partial charge in [-0.2, -0.15) is 0 Å². The summed E-state index contributed by atoms with van der Waals surface area (Å²) < 4.78 is 5.28. The average molecular weight is 327 g/mol. The van der Waals surface area contributed by atoms with Crippen molar-refractivity contribution in [2.45, 2.75) is 64.5 Å². The number of nitrogens with zero attached hydrogens (tertiary/aromatic N) is 1. The Kier molecular flexibility index (Phi) is 7.82. The van der Waals surface area contributed by atoms with E-state index in [1.165, 1.54) is 12.8 Å². The van der Waals surface area contributed by atoms with Gasteiger partial charge in [0.1, 0.15) is 5.60 Å². The molecule has 0 radical (unpaired) electrons. The maximum atomic E-state index is 11.8. The molecule has 23 heavy (non-hydrogen) atoms. The summed E-state index contributed by atoms with van der Waals surface area (Å²) in [6, 6.07) is 0.355. The van der Waals surface area contributed by atoms with Gasteiger partial charge in [0, 0.05) is 39.6 Å². The predicted octanol–water partition coefficient (Wildman–Crippen LogP) is 2.14. The van der Waals surface area contributed by atoms with E-state index in [-0.39, 0.29) is 12.0 Å². The molecule has 2 N–H and O–H groups in total. The van der Waals surface area contributed by atoms with Gasteiger partial charge < -0.3 is 20.3 Å². The number of hydrogen-bond acceptors (Lipinski definition) is 4. The van der Waals surface area contributed by atoms with Gasteiger partial charge in [-0.25, -0.2) is 4.79 Å². The summed E-state index contributed by atoms with van der Waals surface area (Å²) in [5, 5.41) is 6.37. The van der Waals surface area contributed by atoms with Crippen LogP contribution in [-0.4, -0.2) is 55.7 Å². The highest BCUT2D eigenvalue weighted by molar-refractivity contribution is 5.75. The van der Waals surface area contributed by atoms with Crippen molar-refractivity contribution in [3.63, 3.8) is 0 Å². The number of rotatable bonds is 6. The number of carbonyl (C=O) groups is 2. The first kappa shape index (κ1) is 19.7. The predicted molar refractivity (Wildman–Crippen MR) is 91.3 cm³/mol. The summed E-state index contributed by atoms with van der Waals surface area (Å²) in [6.07, 6.45) is 4.73. The minimum Gasteiger partial charge on any atom is -0.444 e. The van der Waals surface area contributed by atoms with Crippen LogP contribution in [0.15, 0.2) is 0 Å². The zero-order valence-electron chi connectivity index (χ0n) is 15.3. The molecule has 1 rings (SSSR count). The third kappa shape index (κ3) is 8.21. The van der Waals surface area contributed by atoms with Crippen molar-refractivity contribution in [3.8, 4) is 0 Å². The number of nitrogens with one attached hydrogen (secondary N) is 2. The quantitative estimate of drug-likeness (QED) is 0.784. The molecule has 2 atom stereocenters. The van der Waals surface area contributed by atoms with Crippen LogP contribution in [0.5, 0.6) is 0 Å². The van der Waals surface area contributed by atoms with Crippen molar-refractivity contribution in [1.29, 1.82) is 0 Å². The van der Waals surface area contributed by atoms with Crippen LogP contribution in [0.1, 0.15) is 52.9 Å². The smallest absolute Gasteiger partial charge is 0.407 e. The van der Waals surface area contributed by atoms with Crippen molar-refractivity contribution in [1.82, 2.24) is 15.5 Å². The fourth-order valence-corrected chi connectivity index (χ4v) is 2.84. The van der Waals surface area contributed by atoms with E-state index < -0.39 is 5.60 Å². The minimum absolute atomic E-state index is 0.136. The second-order valence-electron chi connectivity index (χ2n) is 7.53. The molecule has 0 spiro atoms. The molecule has 1 saturated carbocycles. The minimum atomic E-state index is -0.471. The second-order valence-corrected chi connectivity index (χ2v) is 7.53. The van der Waals surface area contributed by atoms with E-state index in [4.69, 9.17) is 4.74 Å². The molecule has 0 aromatic rings. The molecule has 0 aromatic carbocycles. The summed E-state index contributed by atoms with van der Waals surface area (Å²) in [5.41, 5.74) is -0.471. The molecule has 134 valence electrons. The van der Waals surface area contributed by atoms with E-state index >= 15 is 0 Å². The summed E-state index contributed by atoms with van der Waals surface area (Å²) >= 11 is 0. The van der Waals surface area contributed by atoms with Crippen molar-refractivity contribution < 1.29 is 14.3 Å². The summed E-state index contributed by atoms with van der Waals surface area (Å²) in [6.45, 7) is 6.89. The SMILES string of the molecule is CN(C)C(=O)CCNC1CCCCC1CNC(=O)OC(C)(C)C. The van der Waals surface area contributed by atoms with Gasteiger partial charge in [-0.05, 0) is 39.5 Å². The molecule has 0 heterocycles. The number of carbonyl (C=O) groups excluding carboxylic acids is 2. The van der Waals surface area contributed by atoms with Gasteiger partial charge in [-0.15, -0.1) is 0 Å². The Morgan fingerprint density at radius 1 is 1.17 bits per heavy atom. The van der Waals surface area contributed by atoms with Crippen LogP contribution >= 0.6 is 0 Å². The zero-order chi connectivity index (χ0) is 17.5. The molecule has 2 unspecified atom stereocenters. The lowest BCUT2D eigenvalue weighted by Crippen LogP contribution is -2.45. The molecule has 1 aliphatic carbocycles. The first-order valence-electron chi connectivity index (χ1n) is 8.59. The van der Waals surface area contributed by atoms with E-state index in [1.807, 2.05) is 20.8 Å². The van der Waals surface area contributed by atoms with Gasteiger partial charge in [-0.3, -0.25) is 4.79 Å². The normalized spacial score (nSPS) is 21.6. The fourth-order valence-electron chi connectivity index (χ4n) is 2.84. The summed E-state index contributed by atoms with van der Waals surface area (Å²) in [4.78, 5) is 25.0. The van der Waals surface area contributed by atoms with Gasteiger partial charge in [0.15, 0.2) is 0 Å². The molecule has 0 bridgehead atoms. The van der Waals surface area contributed by atoms with Crippen LogP contribution in [-0.2, 0) is 9.53 Å². The Hall–Kier alpha value is -1.30. The fraction of sp³-hybridized carbons (Fsp3) is 0.882. The standard InChI is InChI=1S/C17H33N3O3/c1-17(2,3)23-16(22)19-12-13-8-6-7-9-14(13)18-11-10-15(21)20(4)5/h13-14,18H,6-12H2,1-5H3,(H,19,22). The molecule has 6 nitrogen and oxygen atoms in total. The first-order chi connectivity index (χ1) is 10.7. The van der Waals surface area contributed by atoms with E-state index in [9.17, 15) is 9.59 Å². The van der Waals surface area contributed by atoms with E-state index in [1.54, 1.807) is 19.0 Å². The lowest BCUT2D eigenvalue weighted by atomic mass is 9.84. The van der Waals surface area contributed by atoms with Crippen molar-refractivity contribution in [2.24, 2.45) is 5.92 Å². The zero-order valence-corrected chi connectivity index (χ0v) is 15.3. The van der Waals surface area contributed by atoms with E-state index in [2.05, 4.69) is 10.6 Å². The maximum Gasteiger partial charge on any atom is 0.407 e. The number of hydrogen-bond donors (Lipinski definition) is 2. The van der Waals surface area contributed by atoms with Crippen LogP contribution in [0, 0.1) is 5.92 Å². The van der Waals surface area contributed by atoms with Crippen LogP contribution in [0.2, 0.25) is 0 Å². The Morgan fingerprint density at radius 3 is 2.43 bits per heavy atom. The lowest BCUT2D eigenvalue weighted by molar-refractivity contribution is -0.128.